The fourth-order valence-corrected chi connectivity index (χ4v) is 3.84. The van der Waals surface area contributed by atoms with Crippen LogP contribution < -0.4 is 10.2 Å². The average Bonchev–Trinajstić information content (AvgIpc) is 2.86. The van der Waals surface area contributed by atoms with E-state index in [0.717, 1.165) is 11.3 Å². The minimum atomic E-state index is -2.91. The number of halogens is 2. The maximum absolute atomic E-state index is 14.1. The van der Waals surface area contributed by atoms with Crippen molar-refractivity contribution < 1.29 is 27.8 Å². The Hall–Kier alpha value is -1.90. The number of hydrogen-bond donors (Lipinski definition) is 1. The third-order valence-electron chi connectivity index (χ3n) is 3.65. The number of nitrogens with one attached hydrogen (secondary N) is 1. The second-order valence-electron chi connectivity index (χ2n) is 7.39. The summed E-state index contributed by atoms with van der Waals surface area (Å²) in [5.74, 6) is -3.47. The van der Waals surface area contributed by atoms with Crippen LogP contribution in [0.4, 0.5) is 19.3 Å². The zero-order valence-corrected chi connectivity index (χ0v) is 16.3. The van der Waals surface area contributed by atoms with E-state index in [1.807, 2.05) is 0 Å². The van der Waals surface area contributed by atoms with Gasteiger partial charge >= 0.3 is 12.1 Å². The van der Waals surface area contributed by atoms with Gasteiger partial charge in [-0.25, -0.2) is 18.4 Å². The van der Waals surface area contributed by atoms with Crippen molar-refractivity contribution in [1.29, 1.82) is 0 Å². The molecule has 1 aromatic rings. The summed E-state index contributed by atoms with van der Waals surface area (Å²) in [5, 5.41) is 4.20. The molecule has 26 heavy (non-hydrogen) atoms. The maximum Gasteiger partial charge on any atom is 0.407 e. The van der Waals surface area contributed by atoms with Crippen LogP contribution in [0.1, 0.15) is 42.9 Å². The van der Waals surface area contributed by atoms with Gasteiger partial charge in [0.2, 0.25) is 0 Å². The van der Waals surface area contributed by atoms with E-state index in [9.17, 15) is 18.4 Å². The lowest BCUT2D eigenvalue weighted by Gasteiger charge is -2.36. The van der Waals surface area contributed by atoms with Crippen molar-refractivity contribution in [1.82, 2.24) is 5.32 Å². The van der Waals surface area contributed by atoms with E-state index in [2.05, 4.69) is 5.32 Å². The summed E-state index contributed by atoms with van der Waals surface area (Å²) in [4.78, 5) is 25.6. The Morgan fingerprint density at radius 3 is 2.65 bits per heavy atom. The SMILES string of the molecule is COC(=O)c1scc2c1N(C[C@H](C)NC(=O)OC(C)(C)C)CC(F)(F)C2. The number of alkyl halides is 2. The first-order chi connectivity index (χ1) is 11.9. The maximum atomic E-state index is 14.1. The number of methoxy groups -OCH3 is 1. The molecule has 1 atom stereocenters. The minimum Gasteiger partial charge on any atom is -0.465 e. The predicted octanol–water partition coefficient (Wildman–Crippen LogP) is 3.45. The van der Waals surface area contributed by atoms with Crippen molar-refractivity contribution in [3.63, 3.8) is 0 Å². The molecular weight excluding hydrogens is 366 g/mol. The van der Waals surface area contributed by atoms with Crippen LogP contribution >= 0.6 is 11.3 Å². The highest BCUT2D eigenvalue weighted by molar-refractivity contribution is 7.12. The molecule has 1 aliphatic rings. The minimum absolute atomic E-state index is 0.114. The number of rotatable bonds is 4. The lowest BCUT2D eigenvalue weighted by atomic mass is 10.0. The van der Waals surface area contributed by atoms with Crippen molar-refractivity contribution in [3.8, 4) is 0 Å². The van der Waals surface area contributed by atoms with Crippen LogP contribution in [0.2, 0.25) is 0 Å². The van der Waals surface area contributed by atoms with E-state index >= 15 is 0 Å². The molecule has 0 radical (unpaired) electrons. The van der Waals surface area contributed by atoms with Crippen LogP contribution in [0.5, 0.6) is 0 Å². The number of carbonyl (C=O) groups excluding carboxylic acids is 2. The predicted molar refractivity (Wildman–Crippen MR) is 95.4 cm³/mol. The molecule has 0 saturated carbocycles. The molecule has 1 aliphatic heterocycles. The molecule has 0 unspecified atom stereocenters. The lowest BCUT2D eigenvalue weighted by Crippen LogP contribution is -2.50. The van der Waals surface area contributed by atoms with Crippen molar-refractivity contribution in [2.24, 2.45) is 0 Å². The Kier molecular flexibility index (Phi) is 5.79. The van der Waals surface area contributed by atoms with Crippen LogP contribution in [-0.2, 0) is 15.9 Å². The molecule has 1 N–H and O–H groups in total. The van der Waals surface area contributed by atoms with Gasteiger partial charge in [-0.1, -0.05) is 0 Å². The zero-order valence-electron chi connectivity index (χ0n) is 15.5. The molecule has 1 amide bonds. The average molecular weight is 390 g/mol. The Labute approximate surface area is 155 Å². The number of carbonyl (C=O) groups is 2. The van der Waals surface area contributed by atoms with Gasteiger partial charge in [0, 0.05) is 19.0 Å². The second kappa shape index (κ2) is 7.38. The smallest absolute Gasteiger partial charge is 0.407 e. The highest BCUT2D eigenvalue weighted by Crippen LogP contribution is 2.41. The third-order valence-corrected chi connectivity index (χ3v) is 4.65. The third kappa shape index (κ3) is 5.06. The van der Waals surface area contributed by atoms with Gasteiger partial charge < -0.3 is 19.7 Å². The van der Waals surface area contributed by atoms with E-state index in [1.54, 1.807) is 33.1 Å². The van der Waals surface area contributed by atoms with Gasteiger partial charge in [0.15, 0.2) is 0 Å². The molecule has 146 valence electrons. The van der Waals surface area contributed by atoms with Gasteiger partial charge in [0.25, 0.3) is 5.92 Å². The van der Waals surface area contributed by atoms with E-state index in [4.69, 9.17) is 9.47 Å². The standard InChI is InChI=1S/C17H24F2N2O4S/c1-10(20-15(23)25-16(2,3)4)7-21-9-17(18,19)6-11-8-26-13(12(11)21)14(22)24-5/h8,10H,6-7,9H2,1-5H3,(H,20,23)/t10-/m0/s1. The van der Waals surface area contributed by atoms with Gasteiger partial charge in [-0.3, -0.25) is 0 Å². The Morgan fingerprint density at radius 1 is 1.42 bits per heavy atom. The molecule has 0 aromatic carbocycles. The van der Waals surface area contributed by atoms with Crippen molar-refractivity contribution in [2.45, 2.75) is 51.7 Å². The number of esters is 1. The number of anilines is 1. The van der Waals surface area contributed by atoms with Crippen molar-refractivity contribution in [2.75, 3.05) is 25.1 Å². The molecule has 0 spiro atoms. The number of hydrogen-bond acceptors (Lipinski definition) is 6. The molecule has 0 aliphatic carbocycles. The zero-order chi connectivity index (χ0) is 19.7. The summed E-state index contributed by atoms with van der Waals surface area (Å²) in [6, 6.07) is -0.461. The quantitative estimate of drug-likeness (QED) is 0.798. The van der Waals surface area contributed by atoms with Gasteiger partial charge in [-0.2, -0.15) is 0 Å². The molecule has 1 aromatic heterocycles. The highest BCUT2D eigenvalue weighted by atomic mass is 32.1. The Morgan fingerprint density at radius 2 is 2.08 bits per heavy atom. The Bertz CT molecular complexity index is 685. The molecule has 6 nitrogen and oxygen atoms in total. The summed E-state index contributed by atoms with van der Waals surface area (Å²) in [6.07, 6.45) is -1.03. The number of alkyl carbamates (subject to hydrolysis) is 1. The summed E-state index contributed by atoms with van der Waals surface area (Å²) < 4.78 is 38.1. The van der Waals surface area contributed by atoms with Gasteiger partial charge in [-0.15, -0.1) is 11.3 Å². The van der Waals surface area contributed by atoms with E-state index in [1.165, 1.54) is 12.0 Å². The van der Waals surface area contributed by atoms with E-state index in [-0.39, 0.29) is 6.54 Å². The summed E-state index contributed by atoms with van der Waals surface area (Å²) in [7, 11) is 1.25. The number of ether oxygens (including phenoxy) is 2. The molecule has 0 bridgehead atoms. The van der Waals surface area contributed by atoms with Gasteiger partial charge in [0.1, 0.15) is 10.5 Å². The topological polar surface area (TPSA) is 67.9 Å². The number of fused-ring (bicyclic) bond motifs is 1. The molecule has 9 heteroatoms. The summed E-state index contributed by atoms with van der Waals surface area (Å²) >= 11 is 1.09. The Balaban J connectivity index is 2.17. The second-order valence-corrected chi connectivity index (χ2v) is 8.27. The summed E-state index contributed by atoms with van der Waals surface area (Å²) in [5.41, 5.74) is 0.224. The molecule has 2 rings (SSSR count). The van der Waals surface area contributed by atoms with Crippen molar-refractivity contribution in [3.05, 3.63) is 15.8 Å². The van der Waals surface area contributed by atoms with Crippen LogP contribution in [0, 0.1) is 0 Å². The largest absolute Gasteiger partial charge is 0.465 e. The molecule has 0 saturated heterocycles. The van der Waals surface area contributed by atoms with Gasteiger partial charge in [0.05, 0.1) is 19.3 Å². The van der Waals surface area contributed by atoms with E-state index in [0.29, 0.717) is 16.1 Å². The van der Waals surface area contributed by atoms with Gasteiger partial charge in [-0.05, 0) is 38.6 Å². The number of thiophene rings is 1. The molecule has 2 heterocycles. The first-order valence-corrected chi connectivity index (χ1v) is 9.11. The first kappa shape index (κ1) is 20.4. The van der Waals surface area contributed by atoms with Crippen LogP contribution in [-0.4, -0.2) is 49.8 Å². The van der Waals surface area contributed by atoms with Crippen LogP contribution in [0.15, 0.2) is 5.38 Å². The monoisotopic (exact) mass is 390 g/mol. The van der Waals surface area contributed by atoms with Crippen molar-refractivity contribution >= 4 is 29.1 Å². The molecule has 0 fully saturated rings. The normalized spacial score (nSPS) is 17.3. The fourth-order valence-electron chi connectivity index (χ4n) is 2.83. The van der Waals surface area contributed by atoms with Crippen LogP contribution in [0.25, 0.3) is 0 Å². The van der Waals surface area contributed by atoms with Crippen LogP contribution in [0.3, 0.4) is 0 Å². The summed E-state index contributed by atoms with van der Waals surface area (Å²) in [6.45, 7) is 6.50. The fraction of sp³-hybridized carbons (Fsp3) is 0.647. The number of nitrogens with zero attached hydrogens (tertiary/aromatic N) is 1. The number of amides is 1. The molecular formula is C17H24F2N2O4S. The highest BCUT2D eigenvalue weighted by Gasteiger charge is 2.41. The first-order valence-electron chi connectivity index (χ1n) is 8.23. The van der Waals surface area contributed by atoms with E-state index < -0.39 is 42.6 Å². The lowest BCUT2D eigenvalue weighted by molar-refractivity contribution is 0.00502.